The zero-order valence-corrected chi connectivity index (χ0v) is 14.2. The molecule has 0 aliphatic carbocycles. The third kappa shape index (κ3) is 3.96. The molecule has 23 heavy (non-hydrogen) atoms. The maximum absolute atomic E-state index is 12.1. The van der Waals surface area contributed by atoms with E-state index in [-0.39, 0.29) is 11.5 Å². The second-order valence-electron chi connectivity index (χ2n) is 4.56. The fourth-order valence-corrected chi connectivity index (χ4v) is 2.73. The van der Waals surface area contributed by atoms with Gasteiger partial charge in [-0.15, -0.1) is 10.2 Å². The average Bonchev–Trinajstić information content (AvgIpc) is 3.02. The van der Waals surface area contributed by atoms with Crippen LogP contribution in [0.1, 0.15) is 10.4 Å². The lowest BCUT2D eigenvalue weighted by molar-refractivity contribution is 0.102. The lowest BCUT2D eigenvalue weighted by Gasteiger charge is -1.99. The summed E-state index contributed by atoms with van der Waals surface area (Å²) in [5.41, 5.74) is 6.95. The first-order chi connectivity index (χ1) is 11.1. The summed E-state index contributed by atoms with van der Waals surface area (Å²) in [5.74, 6) is 0.940. The van der Waals surface area contributed by atoms with Crippen LogP contribution < -0.4 is 5.73 Å². The van der Waals surface area contributed by atoms with Crippen molar-refractivity contribution < 1.29 is 9.21 Å². The summed E-state index contributed by atoms with van der Waals surface area (Å²) >= 11 is 4.54. The van der Waals surface area contributed by atoms with Crippen LogP contribution >= 0.6 is 27.7 Å². The van der Waals surface area contributed by atoms with Gasteiger partial charge >= 0.3 is 0 Å². The predicted molar refractivity (Wildman–Crippen MR) is 91.1 cm³/mol. The van der Waals surface area contributed by atoms with Gasteiger partial charge in [0.15, 0.2) is 5.78 Å². The number of benzene rings is 1. The number of nitrogen functional groups attached to an aromatic ring is 1. The molecule has 2 heterocycles. The van der Waals surface area contributed by atoms with Gasteiger partial charge < -0.3 is 10.2 Å². The molecule has 0 fully saturated rings. The van der Waals surface area contributed by atoms with Crippen LogP contribution in [0.4, 0.5) is 5.82 Å². The number of hydrogen-bond donors (Lipinski definition) is 1. The van der Waals surface area contributed by atoms with Gasteiger partial charge in [-0.25, -0.2) is 4.98 Å². The Bertz CT molecular complexity index is 836. The molecule has 0 amide bonds. The van der Waals surface area contributed by atoms with E-state index in [1.165, 1.54) is 11.8 Å². The number of carbonyl (C=O) groups is 1. The normalized spacial score (nSPS) is 10.7. The van der Waals surface area contributed by atoms with E-state index in [9.17, 15) is 4.79 Å². The lowest BCUT2D eigenvalue weighted by Crippen LogP contribution is -2.01. The van der Waals surface area contributed by atoms with Crippen LogP contribution in [0, 0.1) is 0 Å². The number of nitrogens with zero attached hydrogens (tertiary/aromatic N) is 3. The monoisotopic (exact) mass is 390 g/mol. The van der Waals surface area contributed by atoms with Crippen LogP contribution in [0.2, 0.25) is 0 Å². The van der Waals surface area contributed by atoms with Gasteiger partial charge in [-0.05, 0) is 24.3 Å². The molecular weight excluding hydrogens is 380 g/mol. The molecule has 0 saturated heterocycles. The Morgan fingerprint density at radius 1 is 1.22 bits per heavy atom. The molecule has 0 atom stereocenters. The largest absolute Gasteiger partial charge is 0.411 e. The van der Waals surface area contributed by atoms with E-state index in [0.717, 1.165) is 4.47 Å². The molecule has 8 heteroatoms. The van der Waals surface area contributed by atoms with Crippen molar-refractivity contribution >= 4 is 39.3 Å². The highest BCUT2D eigenvalue weighted by molar-refractivity contribution is 9.10. The summed E-state index contributed by atoms with van der Waals surface area (Å²) in [6.45, 7) is 0. The molecule has 116 valence electrons. The number of rotatable bonds is 5. The second-order valence-corrected chi connectivity index (χ2v) is 6.40. The van der Waals surface area contributed by atoms with E-state index in [4.69, 9.17) is 10.2 Å². The molecule has 0 unspecified atom stereocenters. The standard InChI is InChI=1S/C15H11BrN4O2S/c16-11-3-1-9(2-4-11)12(21)8-23-15-20-19-14(22-15)10-5-6-18-13(17)7-10/h1-7H,8H2,(H2,17,18). The quantitative estimate of drug-likeness (QED) is 0.526. The van der Waals surface area contributed by atoms with E-state index < -0.39 is 0 Å². The highest BCUT2D eigenvalue weighted by atomic mass is 79.9. The highest BCUT2D eigenvalue weighted by Crippen LogP contribution is 2.24. The van der Waals surface area contributed by atoms with Crippen molar-refractivity contribution in [2.45, 2.75) is 5.22 Å². The average molecular weight is 391 g/mol. The molecule has 3 aromatic rings. The number of carbonyl (C=O) groups excluding carboxylic acids is 1. The smallest absolute Gasteiger partial charge is 0.277 e. The van der Waals surface area contributed by atoms with Gasteiger partial charge in [0.1, 0.15) is 5.82 Å². The summed E-state index contributed by atoms with van der Waals surface area (Å²) in [7, 11) is 0. The van der Waals surface area contributed by atoms with E-state index >= 15 is 0 Å². The number of hydrogen-bond acceptors (Lipinski definition) is 7. The van der Waals surface area contributed by atoms with Crippen molar-refractivity contribution in [3.8, 4) is 11.5 Å². The van der Waals surface area contributed by atoms with Gasteiger partial charge in [-0.2, -0.15) is 0 Å². The summed E-state index contributed by atoms with van der Waals surface area (Å²) in [6, 6.07) is 10.6. The number of aromatic nitrogens is 3. The van der Waals surface area contributed by atoms with Gasteiger partial charge in [0.25, 0.3) is 5.22 Å². The number of anilines is 1. The van der Waals surface area contributed by atoms with Gasteiger partial charge in [-0.1, -0.05) is 39.8 Å². The first-order valence-electron chi connectivity index (χ1n) is 6.59. The molecule has 1 aromatic carbocycles. The van der Waals surface area contributed by atoms with Crippen molar-refractivity contribution in [1.82, 2.24) is 15.2 Å². The molecule has 6 nitrogen and oxygen atoms in total. The van der Waals surface area contributed by atoms with Gasteiger partial charge in [-0.3, -0.25) is 4.79 Å². The fraction of sp³-hybridized carbons (Fsp3) is 0.0667. The van der Waals surface area contributed by atoms with E-state index in [1.54, 1.807) is 30.5 Å². The Morgan fingerprint density at radius 2 is 2.00 bits per heavy atom. The molecule has 0 radical (unpaired) electrons. The SMILES string of the molecule is Nc1cc(-c2nnc(SCC(=O)c3ccc(Br)cc3)o2)ccn1. The van der Waals surface area contributed by atoms with E-state index in [2.05, 4.69) is 31.1 Å². The molecular formula is C15H11BrN4O2S. The van der Waals surface area contributed by atoms with Crippen LogP contribution in [-0.4, -0.2) is 26.7 Å². The Hall–Kier alpha value is -2.19. The maximum Gasteiger partial charge on any atom is 0.277 e. The number of Topliss-reactive ketones (excluding diaryl/α,β-unsaturated/α-hetero) is 1. The minimum atomic E-state index is -0.00425. The molecule has 2 N–H and O–H groups in total. The molecule has 0 aliphatic heterocycles. The lowest BCUT2D eigenvalue weighted by atomic mass is 10.2. The number of nitrogens with two attached hydrogens (primary N) is 1. The molecule has 0 spiro atoms. The summed E-state index contributed by atoms with van der Waals surface area (Å²) in [4.78, 5) is 16.0. The van der Waals surface area contributed by atoms with E-state index in [0.29, 0.717) is 28.1 Å². The van der Waals surface area contributed by atoms with Gasteiger partial charge in [0.05, 0.1) is 5.75 Å². The Labute approximate surface area is 144 Å². The first kappa shape index (κ1) is 15.7. The van der Waals surface area contributed by atoms with Crippen molar-refractivity contribution in [1.29, 1.82) is 0 Å². The summed E-state index contributed by atoms with van der Waals surface area (Å²) in [6.07, 6.45) is 1.57. The molecule has 3 rings (SSSR count). The Morgan fingerprint density at radius 3 is 2.74 bits per heavy atom. The maximum atomic E-state index is 12.1. The van der Waals surface area contributed by atoms with Crippen LogP contribution in [0.25, 0.3) is 11.5 Å². The fourth-order valence-electron chi connectivity index (χ4n) is 1.81. The van der Waals surface area contributed by atoms with E-state index in [1.807, 2.05) is 12.1 Å². The van der Waals surface area contributed by atoms with Crippen LogP contribution in [0.15, 0.2) is 56.7 Å². The minimum absolute atomic E-state index is 0.00425. The third-order valence-corrected chi connectivity index (χ3v) is 4.27. The predicted octanol–water partition coefficient (Wildman–Crippen LogP) is 3.45. The Balaban J connectivity index is 1.65. The molecule has 0 bridgehead atoms. The van der Waals surface area contributed by atoms with Crippen LogP contribution in [-0.2, 0) is 0 Å². The number of thioether (sulfide) groups is 1. The van der Waals surface area contributed by atoms with Crippen LogP contribution in [0.3, 0.4) is 0 Å². The number of ketones is 1. The number of pyridine rings is 1. The van der Waals surface area contributed by atoms with Crippen molar-refractivity contribution in [3.05, 3.63) is 52.6 Å². The molecule has 2 aromatic heterocycles. The topological polar surface area (TPSA) is 94.9 Å². The van der Waals surface area contributed by atoms with Crippen LogP contribution in [0.5, 0.6) is 0 Å². The highest BCUT2D eigenvalue weighted by Gasteiger charge is 2.12. The van der Waals surface area contributed by atoms with Gasteiger partial charge in [0, 0.05) is 21.8 Å². The summed E-state index contributed by atoms with van der Waals surface area (Å²) < 4.78 is 6.46. The minimum Gasteiger partial charge on any atom is -0.411 e. The third-order valence-electron chi connectivity index (χ3n) is 2.93. The zero-order valence-electron chi connectivity index (χ0n) is 11.8. The first-order valence-corrected chi connectivity index (χ1v) is 8.36. The Kier molecular flexibility index (Phi) is 4.73. The van der Waals surface area contributed by atoms with Crippen molar-refractivity contribution in [2.75, 3.05) is 11.5 Å². The molecule has 0 saturated carbocycles. The second kappa shape index (κ2) is 6.93. The van der Waals surface area contributed by atoms with Gasteiger partial charge in [0.2, 0.25) is 5.89 Å². The zero-order chi connectivity index (χ0) is 16.2. The van der Waals surface area contributed by atoms with Crippen molar-refractivity contribution in [3.63, 3.8) is 0 Å². The van der Waals surface area contributed by atoms with Crippen molar-refractivity contribution in [2.24, 2.45) is 0 Å². The molecule has 0 aliphatic rings. The summed E-state index contributed by atoms with van der Waals surface area (Å²) in [5, 5.41) is 8.21. The number of halogens is 1.